The second kappa shape index (κ2) is 9.58. The molecular formula is C21H22ClF3N2O3S. The van der Waals surface area contributed by atoms with Crippen LogP contribution in [0.2, 0.25) is 5.02 Å². The maximum atomic E-state index is 13.3. The third-order valence-electron chi connectivity index (χ3n) is 5.17. The SMILES string of the molecule is O=C(CCc1ccccc1)NC1CCN(S(=O)(=O)c2ccc(Cl)cc2C(F)(F)F)CC1. The minimum Gasteiger partial charge on any atom is -0.353 e. The molecule has 0 radical (unpaired) electrons. The van der Waals surface area contributed by atoms with Crippen molar-refractivity contribution in [3.05, 3.63) is 64.7 Å². The van der Waals surface area contributed by atoms with Crippen molar-refractivity contribution in [1.29, 1.82) is 0 Å². The molecule has 2 aromatic rings. The highest BCUT2D eigenvalue weighted by Crippen LogP contribution is 2.37. The minimum atomic E-state index is -4.85. The molecule has 0 unspecified atom stereocenters. The Labute approximate surface area is 184 Å². The Morgan fingerprint density at radius 1 is 1.10 bits per heavy atom. The summed E-state index contributed by atoms with van der Waals surface area (Å²) in [4.78, 5) is 11.4. The first-order valence-corrected chi connectivity index (χ1v) is 11.6. The molecule has 1 heterocycles. The molecule has 5 nitrogen and oxygen atoms in total. The van der Waals surface area contributed by atoms with Crippen LogP contribution >= 0.6 is 11.6 Å². The number of amides is 1. The Kier molecular flexibility index (Phi) is 7.28. The number of carbonyl (C=O) groups excluding carboxylic acids is 1. The van der Waals surface area contributed by atoms with Gasteiger partial charge in [0.05, 0.1) is 10.5 Å². The average molecular weight is 475 g/mol. The Morgan fingerprint density at radius 3 is 2.35 bits per heavy atom. The molecule has 1 N–H and O–H groups in total. The van der Waals surface area contributed by atoms with Crippen molar-refractivity contribution >= 4 is 27.5 Å². The number of carbonyl (C=O) groups is 1. The zero-order valence-corrected chi connectivity index (χ0v) is 18.1. The van der Waals surface area contributed by atoms with Gasteiger partial charge in [0, 0.05) is 30.6 Å². The molecule has 0 bridgehead atoms. The lowest BCUT2D eigenvalue weighted by Gasteiger charge is -2.32. The Bertz CT molecular complexity index is 1020. The van der Waals surface area contributed by atoms with Gasteiger partial charge in [0.15, 0.2) is 0 Å². The zero-order chi connectivity index (χ0) is 22.6. The number of alkyl halides is 3. The third kappa shape index (κ3) is 5.99. The molecule has 1 saturated heterocycles. The molecule has 168 valence electrons. The van der Waals surface area contributed by atoms with Crippen molar-refractivity contribution in [3.8, 4) is 0 Å². The van der Waals surface area contributed by atoms with Gasteiger partial charge in [-0.05, 0) is 43.0 Å². The summed E-state index contributed by atoms with van der Waals surface area (Å²) < 4.78 is 66.7. The van der Waals surface area contributed by atoms with Crippen molar-refractivity contribution in [2.24, 2.45) is 0 Å². The number of hydrogen-bond acceptors (Lipinski definition) is 3. The van der Waals surface area contributed by atoms with E-state index >= 15 is 0 Å². The summed E-state index contributed by atoms with van der Waals surface area (Å²) in [7, 11) is -4.35. The summed E-state index contributed by atoms with van der Waals surface area (Å²) in [6, 6.07) is 12.0. The van der Waals surface area contributed by atoms with E-state index in [0.29, 0.717) is 31.7 Å². The number of nitrogens with zero attached hydrogens (tertiary/aromatic N) is 1. The van der Waals surface area contributed by atoms with E-state index in [9.17, 15) is 26.4 Å². The van der Waals surface area contributed by atoms with Crippen LogP contribution in [0.3, 0.4) is 0 Å². The fraction of sp³-hybridized carbons (Fsp3) is 0.381. The van der Waals surface area contributed by atoms with Crippen LogP contribution in [0.25, 0.3) is 0 Å². The first-order chi connectivity index (χ1) is 14.6. The normalized spacial score (nSPS) is 16.3. The van der Waals surface area contributed by atoms with Crippen LogP contribution in [0.4, 0.5) is 13.2 Å². The summed E-state index contributed by atoms with van der Waals surface area (Å²) in [6.07, 6.45) is -3.30. The highest BCUT2D eigenvalue weighted by molar-refractivity contribution is 7.89. The van der Waals surface area contributed by atoms with E-state index in [1.54, 1.807) is 0 Å². The number of rotatable bonds is 6. The van der Waals surface area contributed by atoms with E-state index in [4.69, 9.17) is 11.6 Å². The second-order valence-electron chi connectivity index (χ2n) is 7.37. The quantitative estimate of drug-likeness (QED) is 0.680. The van der Waals surface area contributed by atoms with Gasteiger partial charge in [-0.15, -0.1) is 0 Å². The highest BCUT2D eigenvalue weighted by Gasteiger charge is 2.40. The van der Waals surface area contributed by atoms with Gasteiger partial charge in [-0.1, -0.05) is 41.9 Å². The second-order valence-corrected chi connectivity index (χ2v) is 9.71. The van der Waals surface area contributed by atoms with E-state index in [0.717, 1.165) is 22.0 Å². The Balaban J connectivity index is 1.60. The number of piperidine rings is 1. The van der Waals surface area contributed by atoms with Crippen molar-refractivity contribution in [3.63, 3.8) is 0 Å². The molecule has 0 spiro atoms. The molecule has 1 aliphatic heterocycles. The maximum absolute atomic E-state index is 13.3. The fourth-order valence-electron chi connectivity index (χ4n) is 3.53. The fourth-order valence-corrected chi connectivity index (χ4v) is 5.37. The molecule has 0 atom stereocenters. The first kappa shape index (κ1) is 23.6. The van der Waals surface area contributed by atoms with Crippen molar-refractivity contribution in [1.82, 2.24) is 9.62 Å². The van der Waals surface area contributed by atoms with Gasteiger partial charge in [-0.25, -0.2) is 8.42 Å². The molecule has 2 aromatic carbocycles. The molecule has 1 aliphatic rings. The topological polar surface area (TPSA) is 66.5 Å². The van der Waals surface area contributed by atoms with Crippen LogP contribution in [0, 0.1) is 0 Å². The first-order valence-electron chi connectivity index (χ1n) is 9.77. The highest BCUT2D eigenvalue weighted by atomic mass is 35.5. The van der Waals surface area contributed by atoms with E-state index in [-0.39, 0.29) is 30.1 Å². The van der Waals surface area contributed by atoms with Gasteiger partial charge in [0.25, 0.3) is 0 Å². The van der Waals surface area contributed by atoms with Gasteiger partial charge in [0.1, 0.15) is 0 Å². The van der Waals surface area contributed by atoms with Crippen LogP contribution in [0.15, 0.2) is 53.4 Å². The summed E-state index contributed by atoms with van der Waals surface area (Å²) in [5.41, 5.74) is -0.238. The van der Waals surface area contributed by atoms with Gasteiger partial charge in [-0.3, -0.25) is 4.79 Å². The summed E-state index contributed by atoms with van der Waals surface area (Å²) in [5, 5.41) is 2.69. The summed E-state index contributed by atoms with van der Waals surface area (Å²) in [6.45, 7) is 0.0395. The molecule has 10 heteroatoms. The van der Waals surface area contributed by atoms with E-state index in [2.05, 4.69) is 5.32 Å². The molecule has 0 aromatic heterocycles. The molecule has 3 rings (SSSR count). The predicted octanol–water partition coefficient (Wildman–Crippen LogP) is 4.26. The largest absolute Gasteiger partial charge is 0.417 e. The standard InChI is InChI=1S/C21H22ClF3N2O3S/c22-16-7-8-19(18(14-16)21(23,24)25)31(29,30)27-12-10-17(11-13-27)26-20(28)9-6-15-4-2-1-3-5-15/h1-5,7-8,14,17H,6,9-13H2,(H,26,28). The van der Waals surface area contributed by atoms with Crippen molar-refractivity contribution < 1.29 is 26.4 Å². The number of aryl methyl sites for hydroxylation is 1. The minimum absolute atomic E-state index is 0.0197. The molecule has 31 heavy (non-hydrogen) atoms. The van der Waals surface area contributed by atoms with Gasteiger partial charge in [0.2, 0.25) is 15.9 Å². The smallest absolute Gasteiger partial charge is 0.353 e. The predicted molar refractivity (Wildman–Crippen MR) is 111 cm³/mol. The van der Waals surface area contributed by atoms with Crippen LogP contribution in [0.5, 0.6) is 0 Å². The molecule has 0 aliphatic carbocycles. The summed E-state index contributed by atoms with van der Waals surface area (Å²) >= 11 is 5.64. The average Bonchev–Trinajstić information content (AvgIpc) is 2.72. The number of sulfonamides is 1. The van der Waals surface area contributed by atoms with Gasteiger partial charge < -0.3 is 5.32 Å². The monoisotopic (exact) mass is 474 g/mol. The lowest BCUT2D eigenvalue weighted by atomic mass is 10.1. The number of nitrogens with one attached hydrogen (secondary N) is 1. The molecule has 1 amide bonds. The Morgan fingerprint density at radius 2 is 1.74 bits per heavy atom. The zero-order valence-electron chi connectivity index (χ0n) is 16.5. The van der Waals surface area contributed by atoms with Crippen LogP contribution in [-0.4, -0.2) is 37.8 Å². The maximum Gasteiger partial charge on any atom is 0.417 e. The lowest BCUT2D eigenvalue weighted by molar-refractivity contribution is -0.140. The number of halogens is 4. The van der Waals surface area contributed by atoms with Crippen LogP contribution in [-0.2, 0) is 27.4 Å². The lowest BCUT2D eigenvalue weighted by Crippen LogP contribution is -2.46. The third-order valence-corrected chi connectivity index (χ3v) is 7.36. The van der Waals surface area contributed by atoms with Gasteiger partial charge >= 0.3 is 6.18 Å². The van der Waals surface area contributed by atoms with E-state index in [1.165, 1.54) is 0 Å². The number of hydrogen-bond donors (Lipinski definition) is 1. The molecular weight excluding hydrogens is 453 g/mol. The van der Waals surface area contributed by atoms with E-state index < -0.39 is 26.7 Å². The summed E-state index contributed by atoms with van der Waals surface area (Å²) in [5.74, 6) is -0.137. The van der Waals surface area contributed by atoms with Crippen LogP contribution < -0.4 is 5.32 Å². The van der Waals surface area contributed by atoms with Crippen molar-refractivity contribution in [2.45, 2.75) is 42.8 Å². The number of benzene rings is 2. The molecule has 0 saturated carbocycles. The van der Waals surface area contributed by atoms with Crippen LogP contribution in [0.1, 0.15) is 30.4 Å². The Hall–Kier alpha value is -2.10. The molecule has 1 fully saturated rings. The van der Waals surface area contributed by atoms with Crippen molar-refractivity contribution in [2.75, 3.05) is 13.1 Å². The van der Waals surface area contributed by atoms with Gasteiger partial charge in [-0.2, -0.15) is 17.5 Å². The van der Waals surface area contributed by atoms with E-state index in [1.807, 2.05) is 30.3 Å².